The second-order valence-electron chi connectivity index (χ2n) is 17.5. The maximum Gasteiger partial charge on any atom is 0.270 e. The number of rotatable bonds is 7. The predicted molar refractivity (Wildman–Crippen MR) is 223 cm³/mol. The average molecular weight is 797 g/mol. The fraction of sp³-hybridized carbons (Fsp3) is 0.447. The first-order chi connectivity index (χ1) is 28.8. The number of carbonyl (C=O) groups excluding carboxylic acids is 3. The zero-order valence-corrected chi connectivity index (χ0v) is 33.4. The number of fused-ring (bicyclic) bond motifs is 4. The molecule has 4 saturated heterocycles. The SMILES string of the molecule is O=C1CC[C@H](NC(=O)c2ccc3c(n2)OC[C@H]2CN(C[C@H]4COC5(CCN(c6ccc([C@H]7c8ccc(O)cc8CC[C@H]7c7ccccc7)cc6)CC5)C4)CCN32)C(=O)N1. The maximum absolute atomic E-state index is 12.9. The van der Waals surface area contributed by atoms with E-state index in [1.165, 1.54) is 27.9 Å². The van der Waals surface area contributed by atoms with Crippen molar-refractivity contribution in [3.63, 3.8) is 0 Å². The number of hydrogen-bond acceptors (Lipinski definition) is 10. The highest BCUT2D eigenvalue weighted by Gasteiger charge is 2.44. The first-order valence-corrected chi connectivity index (χ1v) is 21.4. The number of ether oxygens (including phenoxy) is 2. The second-order valence-corrected chi connectivity index (χ2v) is 17.5. The number of aryl methyl sites for hydroxylation is 1. The molecule has 5 aliphatic heterocycles. The normalized spacial score (nSPS) is 26.3. The zero-order valence-electron chi connectivity index (χ0n) is 33.4. The summed E-state index contributed by atoms with van der Waals surface area (Å²) < 4.78 is 12.8. The van der Waals surface area contributed by atoms with Crippen molar-refractivity contribution in [1.82, 2.24) is 20.5 Å². The highest BCUT2D eigenvalue weighted by atomic mass is 16.5. The van der Waals surface area contributed by atoms with Gasteiger partial charge in [-0.3, -0.25) is 24.6 Å². The molecule has 3 amide bonds. The van der Waals surface area contributed by atoms with Crippen LogP contribution < -0.4 is 25.2 Å². The number of piperidine rings is 2. The lowest BCUT2D eigenvalue weighted by atomic mass is 9.69. The van der Waals surface area contributed by atoms with Crippen molar-refractivity contribution in [3.8, 4) is 11.6 Å². The number of pyridine rings is 1. The van der Waals surface area contributed by atoms with Gasteiger partial charge in [0.25, 0.3) is 5.91 Å². The number of nitrogens with zero attached hydrogens (tertiary/aromatic N) is 4. The first kappa shape index (κ1) is 37.8. The van der Waals surface area contributed by atoms with Gasteiger partial charge in [-0.2, -0.15) is 0 Å². The van der Waals surface area contributed by atoms with Gasteiger partial charge >= 0.3 is 0 Å². The van der Waals surface area contributed by atoms with Crippen LogP contribution in [0.25, 0.3) is 0 Å². The molecule has 0 unspecified atom stereocenters. The van der Waals surface area contributed by atoms with Crippen LogP contribution in [0.3, 0.4) is 0 Å². The lowest BCUT2D eigenvalue weighted by molar-refractivity contribution is -0.134. The highest BCUT2D eigenvalue weighted by Crippen LogP contribution is 2.48. The number of nitrogens with one attached hydrogen (secondary N) is 2. The van der Waals surface area contributed by atoms with Gasteiger partial charge in [0.1, 0.15) is 29.8 Å². The molecule has 5 atom stereocenters. The fourth-order valence-corrected chi connectivity index (χ4v) is 10.8. The van der Waals surface area contributed by atoms with E-state index in [0.717, 1.165) is 83.7 Å². The summed E-state index contributed by atoms with van der Waals surface area (Å²) in [7, 11) is 0. The number of aromatic nitrogens is 1. The average Bonchev–Trinajstić information content (AvgIpc) is 3.65. The van der Waals surface area contributed by atoms with Gasteiger partial charge in [0.05, 0.1) is 18.2 Å². The van der Waals surface area contributed by atoms with E-state index >= 15 is 0 Å². The number of aromatic hydroxyl groups is 1. The molecule has 306 valence electrons. The third-order valence-electron chi connectivity index (χ3n) is 13.8. The Morgan fingerprint density at radius 2 is 1.73 bits per heavy atom. The van der Waals surface area contributed by atoms with Crippen LogP contribution >= 0.6 is 0 Å². The minimum atomic E-state index is -0.758. The Morgan fingerprint density at radius 3 is 2.54 bits per heavy atom. The van der Waals surface area contributed by atoms with Crippen LogP contribution in [0.2, 0.25) is 0 Å². The molecule has 3 aromatic carbocycles. The third kappa shape index (κ3) is 7.53. The first-order valence-electron chi connectivity index (χ1n) is 21.4. The van der Waals surface area contributed by atoms with Gasteiger partial charge in [0, 0.05) is 57.3 Å². The van der Waals surface area contributed by atoms with Crippen molar-refractivity contribution in [2.45, 2.75) is 74.5 Å². The molecule has 0 saturated carbocycles. The fourth-order valence-electron chi connectivity index (χ4n) is 10.8. The summed E-state index contributed by atoms with van der Waals surface area (Å²) in [5.41, 5.74) is 7.58. The molecule has 10 rings (SSSR count). The Morgan fingerprint density at radius 1 is 0.898 bits per heavy atom. The van der Waals surface area contributed by atoms with E-state index in [2.05, 4.69) is 91.0 Å². The predicted octanol–water partition coefficient (Wildman–Crippen LogP) is 5.14. The number of piperazine rings is 1. The summed E-state index contributed by atoms with van der Waals surface area (Å²) in [5, 5.41) is 15.2. The molecule has 3 N–H and O–H groups in total. The molecule has 4 fully saturated rings. The van der Waals surface area contributed by atoms with Crippen molar-refractivity contribution in [3.05, 3.63) is 113 Å². The summed E-state index contributed by atoms with van der Waals surface area (Å²) in [6.45, 7) is 6.94. The van der Waals surface area contributed by atoms with Crippen LogP contribution in [0.1, 0.15) is 83.1 Å². The molecule has 1 aromatic heterocycles. The van der Waals surface area contributed by atoms with E-state index in [9.17, 15) is 19.5 Å². The van der Waals surface area contributed by atoms with Crippen molar-refractivity contribution in [1.29, 1.82) is 0 Å². The van der Waals surface area contributed by atoms with Crippen LogP contribution in [0, 0.1) is 5.92 Å². The van der Waals surface area contributed by atoms with Crippen molar-refractivity contribution in [2.24, 2.45) is 5.92 Å². The largest absolute Gasteiger partial charge is 0.508 e. The summed E-state index contributed by atoms with van der Waals surface area (Å²) in [4.78, 5) is 48.5. The molecule has 59 heavy (non-hydrogen) atoms. The quantitative estimate of drug-likeness (QED) is 0.216. The number of imide groups is 1. The molecule has 0 bridgehead atoms. The molecule has 6 heterocycles. The number of benzene rings is 3. The molecular weight excluding hydrogens is 745 g/mol. The summed E-state index contributed by atoms with van der Waals surface area (Å²) in [6.07, 6.45) is 5.64. The molecule has 0 radical (unpaired) electrons. The van der Waals surface area contributed by atoms with E-state index in [0.29, 0.717) is 30.1 Å². The van der Waals surface area contributed by atoms with Gasteiger partial charge in [0.15, 0.2) is 0 Å². The summed E-state index contributed by atoms with van der Waals surface area (Å²) in [6, 6.07) is 29.1. The molecule has 1 aliphatic carbocycles. The molecule has 1 spiro atoms. The number of carbonyl (C=O) groups is 3. The van der Waals surface area contributed by atoms with Crippen LogP contribution in [-0.4, -0.2) is 103 Å². The van der Waals surface area contributed by atoms with E-state index in [1.54, 1.807) is 6.07 Å². The van der Waals surface area contributed by atoms with Gasteiger partial charge in [0.2, 0.25) is 17.7 Å². The Labute approximate surface area is 344 Å². The maximum atomic E-state index is 12.9. The Hall–Kier alpha value is -5.46. The van der Waals surface area contributed by atoms with Crippen LogP contribution in [-0.2, 0) is 20.7 Å². The number of phenolic OH excluding ortho intramolecular Hbond substituents is 1. The highest BCUT2D eigenvalue weighted by molar-refractivity contribution is 6.03. The smallest absolute Gasteiger partial charge is 0.270 e. The molecule has 12 heteroatoms. The number of phenols is 1. The lowest BCUT2D eigenvalue weighted by Gasteiger charge is -2.45. The number of amides is 3. The monoisotopic (exact) mass is 796 g/mol. The van der Waals surface area contributed by atoms with Crippen LogP contribution in [0.5, 0.6) is 11.6 Å². The van der Waals surface area contributed by atoms with E-state index in [-0.39, 0.29) is 42.0 Å². The molecular formula is C47H52N6O6. The third-order valence-corrected chi connectivity index (χ3v) is 13.8. The van der Waals surface area contributed by atoms with E-state index < -0.39 is 17.9 Å². The van der Waals surface area contributed by atoms with Gasteiger partial charge in [-0.05, 0) is 109 Å². The standard InChI is InChI=1S/C47H52N6O6/c54-36-11-13-38-33(24-36)8-12-37(31-4-2-1-3-5-31)43(38)32-6-9-34(10-7-32)52-20-18-47(19-21-52)25-30(28-59-47)26-51-22-23-53-35(27-51)29-58-46-41(53)16-14-40(49-46)44(56)48-39-15-17-42(55)50-45(39)57/h1-7,9-11,13-14,16,24,30,35,37,39,43,54H,8,12,15,17-23,25-29H2,(H,48,56)(H,50,55,57)/t30-,35+,37-,39-,43+/m0/s1. The zero-order chi connectivity index (χ0) is 40.1. The number of hydrogen-bond donors (Lipinski definition) is 3. The van der Waals surface area contributed by atoms with Gasteiger partial charge < -0.3 is 29.7 Å². The van der Waals surface area contributed by atoms with Crippen molar-refractivity contribution in [2.75, 3.05) is 62.3 Å². The van der Waals surface area contributed by atoms with Crippen LogP contribution in [0.4, 0.5) is 11.4 Å². The minimum absolute atomic E-state index is 0.0516. The van der Waals surface area contributed by atoms with Crippen molar-refractivity contribution >= 4 is 29.1 Å². The van der Waals surface area contributed by atoms with Crippen LogP contribution in [0.15, 0.2) is 84.9 Å². The van der Waals surface area contributed by atoms with Gasteiger partial charge in [-0.15, -0.1) is 0 Å². The second kappa shape index (κ2) is 15.6. The Bertz CT molecular complexity index is 2230. The molecule has 12 nitrogen and oxygen atoms in total. The lowest BCUT2D eigenvalue weighted by Crippen LogP contribution is -2.58. The molecule has 6 aliphatic rings. The molecule has 4 aromatic rings. The van der Waals surface area contributed by atoms with Gasteiger partial charge in [-0.25, -0.2) is 4.98 Å². The van der Waals surface area contributed by atoms with Crippen molar-refractivity contribution < 1.29 is 29.0 Å². The summed E-state index contributed by atoms with van der Waals surface area (Å²) in [5.74, 6) is 0.633. The summed E-state index contributed by atoms with van der Waals surface area (Å²) >= 11 is 0. The van der Waals surface area contributed by atoms with E-state index in [1.807, 2.05) is 18.2 Å². The number of anilines is 2. The van der Waals surface area contributed by atoms with E-state index in [4.69, 9.17) is 9.47 Å². The topological polar surface area (TPSA) is 137 Å². The Balaban J connectivity index is 0.725. The van der Waals surface area contributed by atoms with Gasteiger partial charge in [-0.1, -0.05) is 48.5 Å². The Kier molecular flexibility index (Phi) is 10.0. The minimum Gasteiger partial charge on any atom is -0.508 e.